The van der Waals surface area contributed by atoms with Gasteiger partial charge in [0.25, 0.3) is 0 Å². The molecule has 0 unspecified atom stereocenters. The van der Waals surface area contributed by atoms with E-state index in [1.807, 2.05) is 19.2 Å². The number of carbonyl (C=O) groups excluding carboxylic acids is 1. The van der Waals surface area contributed by atoms with Crippen LogP contribution in [0, 0.1) is 17.8 Å². The molecule has 1 amide bonds. The van der Waals surface area contributed by atoms with E-state index in [1.54, 1.807) is 6.07 Å². The summed E-state index contributed by atoms with van der Waals surface area (Å²) in [5.41, 5.74) is 6.92. The van der Waals surface area contributed by atoms with E-state index in [1.165, 1.54) is 25.7 Å². The number of nitrogens with two attached hydrogens (primary N) is 1. The Labute approximate surface area is 168 Å². The van der Waals surface area contributed by atoms with Gasteiger partial charge in [0, 0.05) is 50.8 Å². The van der Waals surface area contributed by atoms with Gasteiger partial charge in [-0.05, 0) is 42.9 Å². The van der Waals surface area contributed by atoms with Crippen LogP contribution in [0.15, 0.2) is 24.3 Å². The van der Waals surface area contributed by atoms with Crippen molar-refractivity contribution in [2.75, 3.05) is 40.0 Å². The molecule has 3 aliphatic rings. The predicted molar refractivity (Wildman–Crippen MR) is 107 cm³/mol. The number of amides is 1. The third-order valence-corrected chi connectivity index (χ3v) is 6.75. The van der Waals surface area contributed by atoms with E-state index in [0.717, 1.165) is 38.4 Å². The van der Waals surface area contributed by atoms with E-state index in [9.17, 15) is 4.79 Å². The summed E-state index contributed by atoms with van der Waals surface area (Å²) in [5.74, 6) is 1.20. The van der Waals surface area contributed by atoms with Crippen LogP contribution >= 0.6 is 12.4 Å². The van der Waals surface area contributed by atoms with Gasteiger partial charge in [-0.25, -0.2) is 0 Å². The minimum absolute atomic E-state index is 0. The van der Waals surface area contributed by atoms with Gasteiger partial charge in [-0.3, -0.25) is 4.79 Å². The molecule has 2 N–H and O–H groups in total. The van der Waals surface area contributed by atoms with Gasteiger partial charge in [0.15, 0.2) is 0 Å². The molecule has 4 rings (SSSR count). The zero-order chi connectivity index (χ0) is 18.1. The molecule has 3 fully saturated rings. The van der Waals surface area contributed by atoms with Crippen LogP contribution in [-0.2, 0) is 15.1 Å². The van der Waals surface area contributed by atoms with Crippen molar-refractivity contribution in [1.29, 1.82) is 0 Å². The summed E-state index contributed by atoms with van der Waals surface area (Å²) in [4.78, 5) is 14.3. The second-order valence-electron chi connectivity index (χ2n) is 8.22. The van der Waals surface area contributed by atoms with E-state index in [0.29, 0.717) is 23.3 Å². The van der Waals surface area contributed by atoms with E-state index in [4.69, 9.17) is 15.2 Å². The number of ether oxygens (including phenoxy) is 2. The molecule has 6 heteroatoms. The Hall–Kier alpha value is -1.14. The number of methoxy groups -OCH3 is 1. The van der Waals surface area contributed by atoms with Crippen molar-refractivity contribution in [2.24, 2.45) is 23.5 Å². The maximum absolute atomic E-state index is 11.7. The summed E-state index contributed by atoms with van der Waals surface area (Å²) in [6, 6.07) is 7.80. The normalized spacial score (nSPS) is 33.4. The Morgan fingerprint density at radius 1 is 1.30 bits per heavy atom. The van der Waals surface area contributed by atoms with Crippen LogP contribution in [0.1, 0.15) is 41.6 Å². The number of piperidine rings is 1. The minimum Gasteiger partial charge on any atom is -0.381 e. The molecule has 2 heterocycles. The lowest BCUT2D eigenvalue weighted by Gasteiger charge is -2.55. The van der Waals surface area contributed by atoms with Crippen LogP contribution in [0.3, 0.4) is 0 Å². The lowest BCUT2D eigenvalue weighted by atomic mass is 9.62. The third kappa shape index (κ3) is 3.75. The average molecular weight is 395 g/mol. The highest BCUT2D eigenvalue weighted by Gasteiger charge is 2.53. The first-order valence-electron chi connectivity index (χ1n) is 9.89. The zero-order valence-corrected chi connectivity index (χ0v) is 16.9. The van der Waals surface area contributed by atoms with Gasteiger partial charge in [0.05, 0.1) is 6.61 Å². The Balaban J connectivity index is 0.00000210. The van der Waals surface area contributed by atoms with Crippen molar-refractivity contribution in [3.05, 3.63) is 35.4 Å². The first kappa shape index (κ1) is 20.6. The molecule has 1 aromatic rings. The Kier molecular flexibility index (Phi) is 6.46. The van der Waals surface area contributed by atoms with Crippen molar-refractivity contribution in [3.63, 3.8) is 0 Å². The number of primary amides is 1. The number of nitrogens with zero attached hydrogens (tertiary/aromatic N) is 1. The van der Waals surface area contributed by atoms with Crippen LogP contribution in [0.4, 0.5) is 0 Å². The summed E-state index contributed by atoms with van der Waals surface area (Å²) in [6.45, 7) is 5.06. The average Bonchev–Trinajstić information content (AvgIpc) is 3.14. The number of hydrogen-bond acceptors (Lipinski definition) is 4. The predicted octanol–water partition coefficient (Wildman–Crippen LogP) is 2.82. The van der Waals surface area contributed by atoms with Crippen LogP contribution in [-0.4, -0.2) is 50.8 Å². The molecular weight excluding hydrogens is 364 g/mol. The molecule has 150 valence electrons. The van der Waals surface area contributed by atoms with Gasteiger partial charge in [0.2, 0.25) is 5.91 Å². The van der Waals surface area contributed by atoms with Gasteiger partial charge in [-0.1, -0.05) is 18.6 Å². The Morgan fingerprint density at radius 3 is 2.63 bits per heavy atom. The first-order chi connectivity index (χ1) is 12.6. The van der Waals surface area contributed by atoms with Crippen LogP contribution in [0.5, 0.6) is 0 Å². The first-order valence-corrected chi connectivity index (χ1v) is 9.89. The van der Waals surface area contributed by atoms with Crippen LogP contribution in [0.25, 0.3) is 0 Å². The summed E-state index contributed by atoms with van der Waals surface area (Å²) in [7, 11) is 1.84. The maximum Gasteiger partial charge on any atom is 0.248 e. The van der Waals surface area contributed by atoms with Crippen molar-refractivity contribution in [2.45, 2.75) is 31.3 Å². The fourth-order valence-corrected chi connectivity index (χ4v) is 5.60. The Bertz CT molecular complexity index is 649. The van der Waals surface area contributed by atoms with Crippen molar-refractivity contribution >= 4 is 18.3 Å². The monoisotopic (exact) mass is 394 g/mol. The van der Waals surface area contributed by atoms with Crippen LogP contribution in [0.2, 0.25) is 0 Å². The molecule has 5 nitrogen and oxygen atoms in total. The smallest absolute Gasteiger partial charge is 0.248 e. The number of halogens is 1. The lowest BCUT2D eigenvalue weighted by molar-refractivity contribution is -0.170. The summed E-state index contributed by atoms with van der Waals surface area (Å²) < 4.78 is 11.8. The number of fused-ring (bicyclic) bond motifs is 2. The van der Waals surface area contributed by atoms with Gasteiger partial charge >= 0.3 is 0 Å². The standard InChI is InChI=1S/C21H30N2O3.ClH/c1-25-21(17-5-2-4-16(10-17)20(22)24)18-6-3-7-19(21)13-23(12-18)11-15-8-9-26-14-15;/h2,4-5,10,15,18-19H,3,6-9,11-14H2,1H3,(H2,22,24);1H/t15-,18-,19+,21+;/m0./s1. The molecule has 4 atom stereocenters. The van der Waals surface area contributed by atoms with Gasteiger partial charge in [-0.15, -0.1) is 12.4 Å². The van der Waals surface area contributed by atoms with Crippen molar-refractivity contribution in [1.82, 2.24) is 4.90 Å². The summed E-state index contributed by atoms with van der Waals surface area (Å²) in [6.07, 6.45) is 4.78. The number of carbonyl (C=O) groups is 1. The zero-order valence-electron chi connectivity index (χ0n) is 16.1. The largest absolute Gasteiger partial charge is 0.381 e. The summed E-state index contributed by atoms with van der Waals surface area (Å²) in [5, 5.41) is 0. The SMILES string of the molecule is CO[C@@]1(c2cccc(C(N)=O)c2)[C@@H]2CCC[C@H]1CN(C[C@@H]1CCOC1)C2.Cl. The maximum atomic E-state index is 11.7. The number of benzene rings is 1. The number of rotatable bonds is 5. The van der Waals surface area contributed by atoms with E-state index < -0.39 is 0 Å². The molecule has 0 spiro atoms. The van der Waals surface area contributed by atoms with Gasteiger partial charge < -0.3 is 20.1 Å². The molecule has 2 aliphatic heterocycles. The van der Waals surface area contributed by atoms with E-state index in [2.05, 4.69) is 11.0 Å². The Morgan fingerprint density at radius 2 is 2.04 bits per heavy atom. The summed E-state index contributed by atoms with van der Waals surface area (Å²) >= 11 is 0. The topological polar surface area (TPSA) is 64.8 Å². The molecule has 27 heavy (non-hydrogen) atoms. The fraction of sp³-hybridized carbons (Fsp3) is 0.667. The second-order valence-corrected chi connectivity index (χ2v) is 8.22. The highest BCUT2D eigenvalue weighted by molar-refractivity contribution is 5.92. The quantitative estimate of drug-likeness (QED) is 0.834. The molecule has 2 bridgehead atoms. The van der Waals surface area contributed by atoms with E-state index >= 15 is 0 Å². The lowest BCUT2D eigenvalue weighted by Crippen LogP contribution is -2.59. The number of hydrogen-bond donors (Lipinski definition) is 1. The van der Waals surface area contributed by atoms with Crippen LogP contribution < -0.4 is 5.73 Å². The van der Waals surface area contributed by atoms with Crippen molar-refractivity contribution in [3.8, 4) is 0 Å². The highest BCUT2D eigenvalue weighted by atomic mass is 35.5. The molecule has 0 radical (unpaired) electrons. The number of likely N-dealkylation sites (tertiary alicyclic amines) is 1. The molecule has 1 aliphatic carbocycles. The molecule has 2 saturated heterocycles. The fourth-order valence-electron chi connectivity index (χ4n) is 5.60. The second kappa shape index (κ2) is 8.48. The van der Waals surface area contributed by atoms with E-state index in [-0.39, 0.29) is 23.9 Å². The van der Waals surface area contributed by atoms with Crippen molar-refractivity contribution < 1.29 is 14.3 Å². The third-order valence-electron chi connectivity index (χ3n) is 6.75. The molecular formula is C21H31ClN2O3. The van der Waals surface area contributed by atoms with Gasteiger partial charge in [-0.2, -0.15) is 0 Å². The highest BCUT2D eigenvalue weighted by Crippen LogP contribution is 2.51. The molecule has 1 aromatic carbocycles. The minimum atomic E-state index is -0.373. The van der Waals surface area contributed by atoms with Gasteiger partial charge in [0.1, 0.15) is 5.60 Å². The molecule has 0 aromatic heterocycles. The molecule has 1 saturated carbocycles.